The molecule has 0 saturated heterocycles. The normalized spacial score (nSPS) is 13.4. The van der Waals surface area contributed by atoms with Gasteiger partial charge >= 0.3 is 0 Å². The third-order valence-electron chi connectivity index (χ3n) is 2.54. The summed E-state index contributed by atoms with van der Waals surface area (Å²) in [6.07, 6.45) is 1.17. The molecule has 0 bridgehead atoms. The average Bonchev–Trinajstić information content (AvgIpc) is 2.38. The van der Waals surface area contributed by atoms with Gasteiger partial charge in [0.05, 0.1) is 6.61 Å². The number of rotatable bonds is 7. The summed E-state index contributed by atoms with van der Waals surface area (Å²) in [5, 5.41) is 8.85. The number of nitriles is 1. The summed E-state index contributed by atoms with van der Waals surface area (Å²) in [7, 11) is 0. The summed E-state index contributed by atoms with van der Waals surface area (Å²) in [5.41, 5.74) is 6.82. The lowest BCUT2D eigenvalue weighted by Crippen LogP contribution is -2.19. The Morgan fingerprint density at radius 3 is 2.68 bits per heavy atom. The molecule has 0 aliphatic rings. The molecule has 4 heteroatoms. The molecule has 1 aromatic carbocycles. The minimum atomic E-state index is -0.492. The van der Waals surface area contributed by atoms with Crippen LogP contribution in [0.5, 0.6) is 11.5 Å². The smallest absolute Gasteiger partial charge is 0.181 e. The van der Waals surface area contributed by atoms with Crippen LogP contribution in [0.1, 0.15) is 32.8 Å². The molecule has 0 radical (unpaired) electrons. The second-order valence-corrected chi connectivity index (χ2v) is 4.69. The molecular weight excluding hydrogens is 240 g/mol. The van der Waals surface area contributed by atoms with E-state index >= 15 is 0 Å². The van der Waals surface area contributed by atoms with E-state index in [0.29, 0.717) is 18.8 Å². The third-order valence-corrected chi connectivity index (χ3v) is 2.54. The number of ether oxygens (including phenoxy) is 2. The molecule has 0 heterocycles. The Hall–Kier alpha value is -1.73. The molecule has 19 heavy (non-hydrogen) atoms. The molecule has 2 N–H and O–H groups in total. The number of hydrogen-bond acceptors (Lipinski definition) is 4. The quantitative estimate of drug-likeness (QED) is 0.820. The van der Waals surface area contributed by atoms with Crippen molar-refractivity contribution in [3.05, 3.63) is 23.8 Å². The first-order valence-corrected chi connectivity index (χ1v) is 6.64. The van der Waals surface area contributed by atoms with Gasteiger partial charge in [-0.2, -0.15) is 5.26 Å². The molecule has 0 aliphatic heterocycles. The van der Waals surface area contributed by atoms with Crippen molar-refractivity contribution in [3.8, 4) is 17.6 Å². The van der Waals surface area contributed by atoms with E-state index in [4.69, 9.17) is 20.5 Å². The van der Waals surface area contributed by atoms with E-state index in [2.05, 4.69) is 13.0 Å². The van der Waals surface area contributed by atoms with Crippen molar-refractivity contribution >= 4 is 0 Å². The molecule has 2 atom stereocenters. The Morgan fingerprint density at radius 1 is 1.37 bits per heavy atom. The molecule has 4 nitrogen and oxygen atoms in total. The van der Waals surface area contributed by atoms with Crippen LogP contribution in [0.25, 0.3) is 0 Å². The molecule has 2 unspecified atom stereocenters. The molecule has 1 aromatic rings. The van der Waals surface area contributed by atoms with Crippen LogP contribution in [0.3, 0.4) is 0 Å². The van der Waals surface area contributed by atoms with E-state index in [1.807, 2.05) is 25.1 Å². The highest BCUT2D eigenvalue weighted by atomic mass is 16.5. The van der Waals surface area contributed by atoms with Crippen molar-refractivity contribution in [2.24, 2.45) is 5.73 Å². The van der Waals surface area contributed by atoms with E-state index in [9.17, 15) is 0 Å². The maximum atomic E-state index is 8.85. The molecule has 0 saturated carbocycles. The van der Waals surface area contributed by atoms with E-state index in [1.165, 1.54) is 0 Å². The minimum absolute atomic E-state index is 0.0437. The van der Waals surface area contributed by atoms with E-state index in [0.717, 1.165) is 17.7 Å². The van der Waals surface area contributed by atoms with Gasteiger partial charge in [0, 0.05) is 12.1 Å². The fourth-order valence-corrected chi connectivity index (χ4v) is 1.69. The summed E-state index contributed by atoms with van der Waals surface area (Å²) in [6, 6.07) is 7.81. The predicted octanol–water partition coefficient (Wildman–Crippen LogP) is 2.66. The van der Waals surface area contributed by atoms with Crippen LogP contribution in [0, 0.1) is 11.3 Å². The lowest BCUT2D eigenvalue weighted by molar-refractivity contribution is 0.268. The first kappa shape index (κ1) is 15.3. The Morgan fingerprint density at radius 2 is 2.11 bits per heavy atom. The molecule has 1 rings (SSSR count). The highest BCUT2D eigenvalue weighted by Gasteiger charge is 2.11. The van der Waals surface area contributed by atoms with Crippen molar-refractivity contribution in [1.82, 2.24) is 0 Å². The largest absolute Gasteiger partial charge is 0.493 e. The first-order chi connectivity index (χ1) is 9.06. The molecule has 0 fully saturated rings. The van der Waals surface area contributed by atoms with Gasteiger partial charge in [0.2, 0.25) is 0 Å². The Bertz CT molecular complexity index is 438. The highest BCUT2D eigenvalue weighted by Crippen LogP contribution is 2.27. The third kappa shape index (κ3) is 5.19. The second-order valence-electron chi connectivity index (χ2n) is 4.69. The van der Waals surface area contributed by atoms with E-state index in [1.54, 1.807) is 6.92 Å². The lowest BCUT2D eigenvalue weighted by Gasteiger charge is -2.16. The van der Waals surface area contributed by atoms with Gasteiger partial charge in [-0.25, -0.2) is 0 Å². The van der Waals surface area contributed by atoms with Crippen molar-refractivity contribution in [2.75, 3.05) is 6.61 Å². The SMILES string of the molecule is CCCOc1ccc(CC(C)N)c(OC(C)C#N)c1. The predicted molar refractivity (Wildman–Crippen MR) is 75.3 cm³/mol. The van der Waals surface area contributed by atoms with Gasteiger partial charge in [-0.1, -0.05) is 13.0 Å². The topological polar surface area (TPSA) is 68.3 Å². The summed E-state index contributed by atoms with van der Waals surface area (Å²) < 4.78 is 11.2. The maximum absolute atomic E-state index is 8.85. The van der Waals surface area contributed by atoms with Crippen LogP contribution in [-0.2, 0) is 6.42 Å². The summed E-state index contributed by atoms with van der Waals surface area (Å²) in [5.74, 6) is 1.44. The van der Waals surface area contributed by atoms with Gasteiger partial charge in [-0.3, -0.25) is 0 Å². The number of nitrogens with two attached hydrogens (primary N) is 1. The zero-order valence-electron chi connectivity index (χ0n) is 11.8. The zero-order valence-corrected chi connectivity index (χ0v) is 11.8. The lowest BCUT2D eigenvalue weighted by atomic mass is 10.1. The number of nitrogens with zero attached hydrogens (tertiary/aromatic N) is 1. The standard InChI is InChI=1S/C15H22N2O2/c1-4-7-18-14-6-5-13(8-11(2)17)15(9-14)19-12(3)10-16/h5-6,9,11-12H,4,7-8,17H2,1-3H3. The molecule has 0 aromatic heterocycles. The van der Waals surface area contributed by atoms with Crippen LogP contribution in [0.4, 0.5) is 0 Å². The van der Waals surface area contributed by atoms with Gasteiger partial charge < -0.3 is 15.2 Å². The summed E-state index contributed by atoms with van der Waals surface area (Å²) >= 11 is 0. The van der Waals surface area contributed by atoms with Crippen molar-refractivity contribution in [1.29, 1.82) is 5.26 Å². The van der Waals surface area contributed by atoms with E-state index in [-0.39, 0.29) is 6.04 Å². The maximum Gasteiger partial charge on any atom is 0.181 e. The van der Waals surface area contributed by atoms with E-state index < -0.39 is 6.10 Å². The van der Waals surface area contributed by atoms with Gasteiger partial charge in [-0.05, 0) is 38.3 Å². The molecule has 104 valence electrons. The first-order valence-electron chi connectivity index (χ1n) is 6.64. The highest BCUT2D eigenvalue weighted by molar-refractivity contribution is 5.41. The fraction of sp³-hybridized carbons (Fsp3) is 0.533. The van der Waals surface area contributed by atoms with Crippen LogP contribution in [-0.4, -0.2) is 18.8 Å². The van der Waals surface area contributed by atoms with Crippen LogP contribution < -0.4 is 15.2 Å². The Labute approximate surface area is 115 Å². The molecule has 0 amide bonds. The Kier molecular flexibility index (Phi) is 6.17. The van der Waals surface area contributed by atoms with Gasteiger partial charge in [0.25, 0.3) is 0 Å². The van der Waals surface area contributed by atoms with Gasteiger partial charge in [-0.15, -0.1) is 0 Å². The van der Waals surface area contributed by atoms with Crippen molar-refractivity contribution < 1.29 is 9.47 Å². The van der Waals surface area contributed by atoms with Crippen molar-refractivity contribution in [2.45, 2.75) is 45.8 Å². The summed E-state index contributed by atoms with van der Waals surface area (Å²) in [6.45, 7) is 6.38. The van der Waals surface area contributed by atoms with Crippen LogP contribution in [0.15, 0.2) is 18.2 Å². The second kappa shape index (κ2) is 7.65. The van der Waals surface area contributed by atoms with Gasteiger partial charge in [0.1, 0.15) is 17.6 Å². The Balaban J connectivity index is 2.93. The van der Waals surface area contributed by atoms with Gasteiger partial charge in [0.15, 0.2) is 6.10 Å². The van der Waals surface area contributed by atoms with Crippen molar-refractivity contribution in [3.63, 3.8) is 0 Å². The van der Waals surface area contributed by atoms with Crippen LogP contribution in [0.2, 0.25) is 0 Å². The molecule has 0 spiro atoms. The fourth-order valence-electron chi connectivity index (χ4n) is 1.69. The zero-order chi connectivity index (χ0) is 14.3. The van der Waals surface area contributed by atoms with Crippen LogP contribution >= 0.6 is 0 Å². The minimum Gasteiger partial charge on any atom is -0.493 e. The summed E-state index contributed by atoms with van der Waals surface area (Å²) in [4.78, 5) is 0. The molecule has 0 aliphatic carbocycles. The monoisotopic (exact) mass is 262 g/mol. The number of hydrogen-bond donors (Lipinski definition) is 1. The molecular formula is C15H22N2O2. The number of benzene rings is 1. The average molecular weight is 262 g/mol.